The van der Waals surface area contributed by atoms with Crippen molar-refractivity contribution >= 4 is 43.7 Å². The van der Waals surface area contributed by atoms with Gasteiger partial charge in [0.05, 0.1) is 11.0 Å². The van der Waals surface area contributed by atoms with E-state index in [1.54, 1.807) is 0 Å². The molecule has 5 nitrogen and oxygen atoms in total. The number of rotatable bonds is 7. The van der Waals surface area contributed by atoms with E-state index < -0.39 is 0 Å². The summed E-state index contributed by atoms with van der Waals surface area (Å²) in [6.07, 6.45) is 0. The van der Waals surface area contributed by atoms with Crippen molar-refractivity contribution in [3.8, 4) is 73.2 Å². The maximum Gasteiger partial charge on any atom is 0.164 e. The van der Waals surface area contributed by atoms with Gasteiger partial charge in [-0.05, 0) is 64.2 Å². The maximum atomic E-state index is 6.23. The molecule has 0 atom stereocenters. The van der Waals surface area contributed by atoms with Gasteiger partial charge in [-0.25, -0.2) is 15.0 Å². The van der Waals surface area contributed by atoms with Crippen molar-refractivity contribution in [1.82, 2.24) is 19.5 Å². The molecule has 5 heteroatoms. The van der Waals surface area contributed by atoms with Crippen LogP contribution < -0.4 is 0 Å². The van der Waals surface area contributed by atoms with Crippen LogP contribution in [0.1, 0.15) is 0 Å². The van der Waals surface area contributed by atoms with Crippen LogP contribution >= 0.6 is 0 Å². The summed E-state index contributed by atoms with van der Waals surface area (Å²) in [4.78, 5) is 15.1. The molecule has 0 N–H and O–H groups in total. The second kappa shape index (κ2) is 14.7. The van der Waals surface area contributed by atoms with E-state index in [0.717, 1.165) is 55.4 Å². The zero-order chi connectivity index (χ0) is 41.0. The largest absolute Gasteiger partial charge is 0.456 e. The summed E-state index contributed by atoms with van der Waals surface area (Å²) < 4.78 is 8.63. The summed E-state index contributed by atoms with van der Waals surface area (Å²) >= 11 is 0. The van der Waals surface area contributed by atoms with Crippen LogP contribution in [0.4, 0.5) is 0 Å². The Morgan fingerprint density at radius 2 is 0.823 bits per heavy atom. The van der Waals surface area contributed by atoms with Gasteiger partial charge in [0.25, 0.3) is 0 Å². The lowest BCUT2D eigenvalue weighted by Gasteiger charge is -2.11. The van der Waals surface area contributed by atoms with Crippen LogP contribution in [0.2, 0.25) is 0 Å². The highest BCUT2D eigenvalue weighted by atomic mass is 16.3. The van der Waals surface area contributed by atoms with Gasteiger partial charge in [-0.15, -0.1) is 0 Å². The number of aromatic nitrogens is 4. The van der Waals surface area contributed by atoms with E-state index in [0.29, 0.717) is 17.5 Å². The van der Waals surface area contributed by atoms with Gasteiger partial charge in [-0.1, -0.05) is 182 Å². The molecule has 12 aromatic rings. The van der Waals surface area contributed by atoms with Crippen molar-refractivity contribution in [3.63, 3.8) is 0 Å². The molecule has 0 aliphatic heterocycles. The monoisotopic (exact) mass is 792 g/mol. The summed E-state index contributed by atoms with van der Waals surface area (Å²) in [6, 6.07) is 76.5. The first kappa shape index (κ1) is 35.5. The molecule has 0 spiro atoms. The Labute approximate surface area is 357 Å². The van der Waals surface area contributed by atoms with Crippen LogP contribution in [0.3, 0.4) is 0 Å². The maximum absolute atomic E-state index is 6.23. The summed E-state index contributed by atoms with van der Waals surface area (Å²) in [5, 5.41) is 4.49. The highest BCUT2D eigenvalue weighted by Crippen LogP contribution is 2.41. The summed E-state index contributed by atoms with van der Waals surface area (Å²) in [5.41, 5.74) is 14.9. The van der Waals surface area contributed by atoms with Gasteiger partial charge in [0.15, 0.2) is 17.5 Å². The number of fused-ring (bicyclic) bond motifs is 6. The zero-order valence-corrected chi connectivity index (χ0v) is 33.5. The smallest absolute Gasteiger partial charge is 0.164 e. The van der Waals surface area contributed by atoms with Crippen molar-refractivity contribution < 1.29 is 4.42 Å². The Balaban J connectivity index is 0.899. The Morgan fingerprint density at radius 3 is 1.53 bits per heavy atom. The molecule has 0 aliphatic carbocycles. The molecular weight excluding hydrogens is 757 g/mol. The summed E-state index contributed by atoms with van der Waals surface area (Å²) in [5.74, 6) is 1.83. The van der Waals surface area contributed by atoms with E-state index >= 15 is 0 Å². The van der Waals surface area contributed by atoms with Gasteiger partial charge in [0.1, 0.15) is 11.2 Å². The minimum Gasteiger partial charge on any atom is -0.456 e. The van der Waals surface area contributed by atoms with Crippen LogP contribution in [0.15, 0.2) is 223 Å². The molecule has 62 heavy (non-hydrogen) atoms. The molecule has 3 aromatic heterocycles. The molecule has 12 rings (SSSR count). The molecule has 0 saturated heterocycles. The van der Waals surface area contributed by atoms with E-state index in [4.69, 9.17) is 19.4 Å². The molecule has 9 aromatic carbocycles. The SMILES string of the molecule is c1ccc(-c2nc(-c3ccc(-c4ccc(-c5ccc6c(c5)c5cccc(-c7ccccc7)c5n6-c5ccccc5)cc4)cc3)nc(-c3cccc4oc5ccccc5c34)n2)cc1. The first-order valence-electron chi connectivity index (χ1n) is 20.8. The molecule has 0 saturated carbocycles. The standard InChI is InChI=1S/C57H36N4O/c1-4-14-40(15-5-1)45-21-12-22-46-49-36-43(34-35-50(49)61(54(45)46)44-18-8-3-9-19-44)39-28-26-37(27-29-39)38-30-32-42(33-31-38)56-58-55(41-16-6-2-7-17-41)59-57(60-56)48-23-13-25-52-53(48)47-20-10-11-24-51(47)62-52/h1-36H. The Bertz CT molecular complexity index is 3590. The normalized spacial score (nSPS) is 11.5. The molecule has 0 fully saturated rings. The second-order valence-electron chi connectivity index (χ2n) is 15.6. The average Bonchev–Trinajstić information content (AvgIpc) is 3.91. The highest BCUT2D eigenvalue weighted by molar-refractivity contribution is 6.15. The Kier molecular flexibility index (Phi) is 8.42. The number of nitrogens with zero attached hydrogens (tertiary/aromatic N) is 4. The Morgan fingerprint density at radius 1 is 0.323 bits per heavy atom. The fourth-order valence-corrected chi connectivity index (χ4v) is 8.91. The topological polar surface area (TPSA) is 56.7 Å². The second-order valence-corrected chi connectivity index (χ2v) is 15.6. The van der Waals surface area contributed by atoms with Gasteiger partial charge in [0, 0.05) is 49.5 Å². The number of furan rings is 1. The minimum atomic E-state index is 0.602. The third kappa shape index (κ3) is 6.06. The molecule has 0 bridgehead atoms. The number of benzene rings is 9. The molecular formula is C57H36N4O. The van der Waals surface area contributed by atoms with Crippen LogP contribution in [0.25, 0.3) is 117 Å². The average molecular weight is 793 g/mol. The van der Waals surface area contributed by atoms with E-state index in [9.17, 15) is 0 Å². The molecule has 0 radical (unpaired) electrons. The van der Waals surface area contributed by atoms with Crippen molar-refractivity contribution in [3.05, 3.63) is 218 Å². The Hall–Kier alpha value is -8.41. The number of hydrogen-bond acceptors (Lipinski definition) is 4. The van der Waals surface area contributed by atoms with E-state index in [1.807, 2.05) is 60.7 Å². The quantitative estimate of drug-likeness (QED) is 0.161. The lowest BCUT2D eigenvalue weighted by atomic mass is 9.98. The van der Waals surface area contributed by atoms with Gasteiger partial charge >= 0.3 is 0 Å². The minimum absolute atomic E-state index is 0.602. The molecule has 0 amide bonds. The van der Waals surface area contributed by atoms with Crippen molar-refractivity contribution in [1.29, 1.82) is 0 Å². The van der Waals surface area contributed by atoms with Crippen LogP contribution in [0.5, 0.6) is 0 Å². The van der Waals surface area contributed by atoms with Crippen molar-refractivity contribution in [2.75, 3.05) is 0 Å². The molecule has 0 aliphatic rings. The fraction of sp³-hybridized carbons (Fsp3) is 0. The van der Waals surface area contributed by atoms with Gasteiger partial charge in [-0.2, -0.15) is 0 Å². The predicted molar refractivity (Wildman–Crippen MR) is 254 cm³/mol. The first-order chi connectivity index (χ1) is 30.7. The van der Waals surface area contributed by atoms with E-state index in [2.05, 4.69) is 162 Å². The van der Waals surface area contributed by atoms with Crippen LogP contribution in [-0.2, 0) is 0 Å². The first-order valence-corrected chi connectivity index (χ1v) is 20.8. The lowest BCUT2D eigenvalue weighted by molar-refractivity contribution is 0.669. The predicted octanol–water partition coefficient (Wildman–Crippen LogP) is 14.9. The zero-order valence-electron chi connectivity index (χ0n) is 33.5. The van der Waals surface area contributed by atoms with Crippen molar-refractivity contribution in [2.45, 2.75) is 0 Å². The summed E-state index contributed by atoms with van der Waals surface area (Å²) in [6.45, 7) is 0. The van der Waals surface area contributed by atoms with Gasteiger partial charge in [0.2, 0.25) is 0 Å². The van der Waals surface area contributed by atoms with Gasteiger partial charge < -0.3 is 8.98 Å². The van der Waals surface area contributed by atoms with E-state index in [-0.39, 0.29) is 0 Å². The molecule has 3 heterocycles. The lowest BCUT2D eigenvalue weighted by Crippen LogP contribution is -2.00. The van der Waals surface area contributed by atoms with Crippen LogP contribution in [-0.4, -0.2) is 19.5 Å². The highest BCUT2D eigenvalue weighted by Gasteiger charge is 2.19. The number of para-hydroxylation sites is 3. The fourth-order valence-electron chi connectivity index (χ4n) is 8.91. The van der Waals surface area contributed by atoms with Crippen LogP contribution in [0, 0.1) is 0 Å². The number of hydrogen-bond donors (Lipinski definition) is 0. The third-order valence-electron chi connectivity index (χ3n) is 11.9. The van der Waals surface area contributed by atoms with Gasteiger partial charge in [-0.3, -0.25) is 0 Å². The third-order valence-corrected chi connectivity index (χ3v) is 11.9. The molecule has 290 valence electrons. The summed E-state index contributed by atoms with van der Waals surface area (Å²) in [7, 11) is 0. The van der Waals surface area contributed by atoms with E-state index in [1.165, 1.54) is 44.1 Å². The molecule has 0 unspecified atom stereocenters. The van der Waals surface area contributed by atoms with Crippen molar-refractivity contribution in [2.24, 2.45) is 0 Å².